The first-order valence-electron chi connectivity index (χ1n) is 5.93. The van der Waals surface area contributed by atoms with Crippen LogP contribution in [0.2, 0.25) is 0 Å². The Hall–Kier alpha value is -0.930. The van der Waals surface area contributed by atoms with Gasteiger partial charge in [0, 0.05) is 18.6 Å². The molecule has 0 saturated carbocycles. The molecule has 0 bridgehead atoms. The third kappa shape index (κ3) is 2.25. The molecule has 16 heavy (non-hydrogen) atoms. The molecule has 3 heteroatoms. The molecule has 1 fully saturated rings. The highest BCUT2D eigenvalue weighted by atomic mass is 19.1. The first kappa shape index (κ1) is 11.6. The summed E-state index contributed by atoms with van der Waals surface area (Å²) < 4.78 is 12.9. The van der Waals surface area contributed by atoms with Crippen LogP contribution in [0.25, 0.3) is 0 Å². The van der Waals surface area contributed by atoms with Crippen molar-refractivity contribution in [1.82, 2.24) is 4.90 Å². The van der Waals surface area contributed by atoms with Crippen molar-refractivity contribution in [2.24, 2.45) is 5.73 Å². The number of hydrogen-bond donors (Lipinski definition) is 1. The van der Waals surface area contributed by atoms with Crippen LogP contribution in [0.15, 0.2) is 24.3 Å². The first-order chi connectivity index (χ1) is 7.72. The summed E-state index contributed by atoms with van der Waals surface area (Å²) in [6.07, 6.45) is 2.47. The monoisotopic (exact) mass is 222 g/mol. The van der Waals surface area contributed by atoms with Gasteiger partial charge in [-0.1, -0.05) is 12.1 Å². The van der Waals surface area contributed by atoms with E-state index < -0.39 is 0 Å². The lowest BCUT2D eigenvalue weighted by atomic mass is 10.0. The Balaban J connectivity index is 2.18. The van der Waals surface area contributed by atoms with Crippen LogP contribution >= 0.6 is 0 Å². The van der Waals surface area contributed by atoms with E-state index in [2.05, 4.69) is 11.8 Å². The van der Waals surface area contributed by atoms with Gasteiger partial charge in [0.2, 0.25) is 0 Å². The van der Waals surface area contributed by atoms with Crippen LogP contribution in [-0.4, -0.2) is 24.0 Å². The molecule has 1 aliphatic rings. The Morgan fingerprint density at radius 2 is 2.12 bits per heavy atom. The molecule has 2 rings (SSSR count). The molecular formula is C13H19FN2. The van der Waals surface area contributed by atoms with Crippen molar-refractivity contribution in [3.63, 3.8) is 0 Å². The third-order valence-electron chi connectivity index (χ3n) is 3.48. The summed E-state index contributed by atoms with van der Waals surface area (Å²) in [6, 6.07) is 7.53. The second-order valence-corrected chi connectivity index (χ2v) is 4.53. The smallest absolute Gasteiger partial charge is 0.123 e. The number of nitrogens with zero attached hydrogens (tertiary/aromatic N) is 1. The Labute approximate surface area is 96.2 Å². The maximum atomic E-state index is 12.9. The Morgan fingerprint density at radius 1 is 1.44 bits per heavy atom. The number of benzene rings is 1. The highest BCUT2D eigenvalue weighted by Crippen LogP contribution is 2.28. The van der Waals surface area contributed by atoms with Gasteiger partial charge in [0.05, 0.1) is 0 Å². The van der Waals surface area contributed by atoms with Crippen LogP contribution in [-0.2, 0) is 0 Å². The van der Waals surface area contributed by atoms with Crippen LogP contribution in [0.3, 0.4) is 0 Å². The minimum Gasteiger partial charge on any atom is -0.329 e. The summed E-state index contributed by atoms with van der Waals surface area (Å²) >= 11 is 0. The van der Waals surface area contributed by atoms with E-state index in [9.17, 15) is 4.39 Å². The number of nitrogens with two attached hydrogens (primary N) is 1. The van der Waals surface area contributed by atoms with Gasteiger partial charge in [0.25, 0.3) is 0 Å². The van der Waals surface area contributed by atoms with Crippen molar-refractivity contribution in [2.45, 2.75) is 31.8 Å². The largest absolute Gasteiger partial charge is 0.329 e. The van der Waals surface area contributed by atoms with E-state index in [4.69, 9.17) is 5.73 Å². The quantitative estimate of drug-likeness (QED) is 0.850. The van der Waals surface area contributed by atoms with E-state index in [0.29, 0.717) is 12.6 Å². The highest BCUT2D eigenvalue weighted by molar-refractivity contribution is 5.21. The lowest BCUT2D eigenvalue weighted by molar-refractivity contribution is 0.195. The zero-order chi connectivity index (χ0) is 11.5. The Kier molecular flexibility index (Phi) is 3.56. The summed E-state index contributed by atoms with van der Waals surface area (Å²) in [5.74, 6) is -0.186. The maximum absolute atomic E-state index is 12.9. The highest BCUT2D eigenvalue weighted by Gasteiger charge is 2.27. The van der Waals surface area contributed by atoms with Gasteiger partial charge >= 0.3 is 0 Å². The van der Waals surface area contributed by atoms with Gasteiger partial charge in [0.15, 0.2) is 0 Å². The average Bonchev–Trinajstić information content (AvgIpc) is 2.69. The number of halogens is 1. The van der Waals surface area contributed by atoms with Gasteiger partial charge in [-0.2, -0.15) is 0 Å². The molecule has 0 aromatic heterocycles. The standard InChI is InChI=1S/C13H19FN2/c1-10-3-2-8-16(10)13(9-15)11-4-6-12(14)7-5-11/h4-7,10,13H,2-3,8-9,15H2,1H3. The number of likely N-dealkylation sites (tertiary alicyclic amines) is 1. The molecule has 2 atom stereocenters. The van der Waals surface area contributed by atoms with Crippen LogP contribution < -0.4 is 5.73 Å². The molecule has 0 amide bonds. The molecule has 1 aliphatic heterocycles. The molecule has 1 saturated heterocycles. The van der Waals surface area contributed by atoms with Gasteiger partial charge in [-0.05, 0) is 44.0 Å². The molecule has 0 radical (unpaired) electrons. The van der Waals surface area contributed by atoms with E-state index in [-0.39, 0.29) is 11.9 Å². The second kappa shape index (κ2) is 4.93. The van der Waals surface area contributed by atoms with Gasteiger partial charge < -0.3 is 5.73 Å². The minimum atomic E-state index is -0.186. The van der Waals surface area contributed by atoms with Gasteiger partial charge in [-0.15, -0.1) is 0 Å². The van der Waals surface area contributed by atoms with Gasteiger partial charge in [-0.3, -0.25) is 4.90 Å². The zero-order valence-electron chi connectivity index (χ0n) is 9.70. The SMILES string of the molecule is CC1CCCN1C(CN)c1ccc(F)cc1. The van der Waals surface area contributed by atoms with Crippen molar-refractivity contribution in [3.8, 4) is 0 Å². The maximum Gasteiger partial charge on any atom is 0.123 e. The second-order valence-electron chi connectivity index (χ2n) is 4.53. The first-order valence-corrected chi connectivity index (χ1v) is 5.93. The minimum absolute atomic E-state index is 0.186. The lowest BCUT2D eigenvalue weighted by Crippen LogP contribution is -2.35. The molecule has 1 heterocycles. The van der Waals surface area contributed by atoms with E-state index in [1.165, 1.54) is 25.0 Å². The summed E-state index contributed by atoms with van der Waals surface area (Å²) in [5, 5.41) is 0. The average molecular weight is 222 g/mol. The van der Waals surface area contributed by atoms with E-state index in [0.717, 1.165) is 12.1 Å². The predicted molar refractivity (Wildman–Crippen MR) is 63.6 cm³/mol. The van der Waals surface area contributed by atoms with E-state index in [1.807, 2.05) is 12.1 Å². The summed E-state index contributed by atoms with van der Waals surface area (Å²) in [6.45, 7) is 3.93. The van der Waals surface area contributed by atoms with Crippen LogP contribution in [0, 0.1) is 5.82 Å². The summed E-state index contributed by atoms with van der Waals surface area (Å²) in [7, 11) is 0. The molecule has 2 nitrogen and oxygen atoms in total. The molecule has 88 valence electrons. The topological polar surface area (TPSA) is 29.3 Å². The van der Waals surface area contributed by atoms with Crippen LogP contribution in [0.1, 0.15) is 31.4 Å². The van der Waals surface area contributed by atoms with Crippen LogP contribution in [0.5, 0.6) is 0 Å². The fraction of sp³-hybridized carbons (Fsp3) is 0.538. The molecule has 1 aromatic rings. The molecule has 0 spiro atoms. The van der Waals surface area contributed by atoms with Crippen molar-refractivity contribution in [1.29, 1.82) is 0 Å². The fourth-order valence-electron chi connectivity index (χ4n) is 2.57. The van der Waals surface area contributed by atoms with Crippen molar-refractivity contribution in [2.75, 3.05) is 13.1 Å². The van der Waals surface area contributed by atoms with E-state index >= 15 is 0 Å². The molecule has 0 aliphatic carbocycles. The predicted octanol–water partition coefficient (Wildman–Crippen LogP) is 2.31. The van der Waals surface area contributed by atoms with E-state index in [1.54, 1.807) is 0 Å². The zero-order valence-corrected chi connectivity index (χ0v) is 9.70. The fourth-order valence-corrected chi connectivity index (χ4v) is 2.57. The van der Waals surface area contributed by atoms with Crippen molar-refractivity contribution in [3.05, 3.63) is 35.6 Å². The van der Waals surface area contributed by atoms with Gasteiger partial charge in [-0.25, -0.2) is 4.39 Å². The summed E-state index contributed by atoms with van der Waals surface area (Å²) in [5.41, 5.74) is 6.97. The van der Waals surface area contributed by atoms with Crippen molar-refractivity contribution >= 4 is 0 Å². The lowest BCUT2D eigenvalue weighted by Gasteiger charge is -2.30. The summed E-state index contributed by atoms with van der Waals surface area (Å²) in [4.78, 5) is 2.42. The molecule has 1 aromatic carbocycles. The van der Waals surface area contributed by atoms with Crippen molar-refractivity contribution < 1.29 is 4.39 Å². The third-order valence-corrected chi connectivity index (χ3v) is 3.48. The molecule has 2 unspecified atom stereocenters. The number of hydrogen-bond acceptors (Lipinski definition) is 2. The Bertz CT molecular complexity index is 336. The Morgan fingerprint density at radius 3 is 2.62 bits per heavy atom. The number of rotatable bonds is 3. The normalized spacial score (nSPS) is 23.6. The van der Waals surface area contributed by atoms with Gasteiger partial charge in [0.1, 0.15) is 5.82 Å². The molecular weight excluding hydrogens is 203 g/mol. The van der Waals surface area contributed by atoms with Crippen LogP contribution in [0.4, 0.5) is 4.39 Å². The molecule has 2 N–H and O–H groups in total.